The highest BCUT2D eigenvalue weighted by molar-refractivity contribution is 7.17. The Bertz CT molecular complexity index is 661. The number of thiophene rings is 1. The molecule has 20 heavy (non-hydrogen) atoms. The van der Waals surface area contributed by atoms with Crippen LogP contribution in [0.15, 0.2) is 24.5 Å². The molecular formula is C13H12N4O2S. The number of nitriles is 1. The highest BCUT2D eigenvalue weighted by Gasteiger charge is 2.22. The van der Waals surface area contributed by atoms with Crippen molar-refractivity contribution >= 4 is 28.0 Å². The number of carbonyl (C=O) groups is 1. The van der Waals surface area contributed by atoms with E-state index in [-0.39, 0.29) is 11.3 Å². The van der Waals surface area contributed by atoms with Crippen LogP contribution in [0, 0.1) is 11.3 Å². The molecule has 0 radical (unpaired) electrons. The van der Waals surface area contributed by atoms with E-state index in [0.717, 1.165) is 16.9 Å². The lowest BCUT2D eigenvalue weighted by molar-refractivity contribution is 0.0603. The van der Waals surface area contributed by atoms with Crippen LogP contribution < -0.4 is 11.1 Å². The molecule has 0 unspecified atom stereocenters. The zero-order chi connectivity index (χ0) is 14.5. The molecule has 0 aliphatic carbocycles. The monoisotopic (exact) mass is 288 g/mol. The zero-order valence-corrected chi connectivity index (χ0v) is 11.5. The van der Waals surface area contributed by atoms with Gasteiger partial charge in [-0.25, -0.2) is 4.79 Å². The predicted molar refractivity (Wildman–Crippen MR) is 76.3 cm³/mol. The van der Waals surface area contributed by atoms with E-state index in [2.05, 4.69) is 10.3 Å². The molecule has 2 heterocycles. The Balaban J connectivity index is 2.27. The lowest BCUT2D eigenvalue weighted by Gasteiger charge is -2.06. The van der Waals surface area contributed by atoms with Crippen LogP contribution in [-0.2, 0) is 11.3 Å². The van der Waals surface area contributed by atoms with Crippen molar-refractivity contribution in [2.24, 2.45) is 0 Å². The molecule has 2 rings (SSSR count). The quantitative estimate of drug-likeness (QED) is 0.834. The van der Waals surface area contributed by atoms with Crippen LogP contribution in [0.4, 0.5) is 10.7 Å². The Hall–Kier alpha value is -2.59. The summed E-state index contributed by atoms with van der Waals surface area (Å²) in [5.74, 6) is -0.561. The van der Waals surface area contributed by atoms with Gasteiger partial charge in [0.05, 0.1) is 12.8 Å². The fourth-order valence-corrected chi connectivity index (χ4v) is 2.54. The second kappa shape index (κ2) is 6.04. The third kappa shape index (κ3) is 2.70. The van der Waals surface area contributed by atoms with Crippen LogP contribution in [0.1, 0.15) is 20.8 Å². The summed E-state index contributed by atoms with van der Waals surface area (Å²) < 4.78 is 4.69. The number of anilines is 2. The van der Waals surface area contributed by atoms with Crippen LogP contribution in [0.5, 0.6) is 0 Å². The average molecular weight is 288 g/mol. The molecule has 3 N–H and O–H groups in total. The van der Waals surface area contributed by atoms with Crippen molar-refractivity contribution < 1.29 is 9.53 Å². The normalized spacial score (nSPS) is 9.80. The van der Waals surface area contributed by atoms with Gasteiger partial charge in [-0.3, -0.25) is 4.98 Å². The fourth-order valence-electron chi connectivity index (χ4n) is 1.64. The summed E-state index contributed by atoms with van der Waals surface area (Å²) in [6, 6.07) is 5.69. The summed E-state index contributed by atoms with van der Waals surface area (Å²) in [4.78, 5) is 16.0. The number of carbonyl (C=O) groups excluding carboxylic acids is 1. The van der Waals surface area contributed by atoms with Crippen molar-refractivity contribution in [1.82, 2.24) is 4.98 Å². The number of aromatic nitrogens is 1. The van der Waals surface area contributed by atoms with Gasteiger partial charge in [0.1, 0.15) is 21.5 Å². The van der Waals surface area contributed by atoms with Gasteiger partial charge in [0.25, 0.3) is 0 Å². The van der Waals surface area contributed by atoms with Gasteiger partial charge in [-0.1, -0.05) is 6.07 Å². The molecule has 0 aromatic carbocycles. The van der Waals surface area contributed by atoms with E-state index in [9.17, 15) is 4.79 Å². The first-order valence-electron chi connectivity index (χ1n) is 5.70. The number of pyridine rings is 1. The van der Waals surface area contributed by atoms with E-state index in [1.165, 1.54) is 7.11 Å². The molecule has 0 fully saturated rings. The first-order chi connectivity index (χ1) is 9.67. The number of nitrogens with zero attached hydrogens (tertiary/aromatic N) is 2. The maximum Gasteiger partial charge on any atom is 0.343 e. The largest absolute Gasteiger partial charge is 0.465 e. The Morgan fingerprint density at radius 1 is 1.65 bits per heavy atom. The lowest BCUT2D eigenvalue weighted by Crippen LogP contribution is -2.08. The smallest absolute Gasteiger partial charge is 0.343 e. The number of ether oxygens (including phenoxy) is 1. The molecule has 0 saturated heterocycles. The van der Waals surface area contributed by atoms with E-state index >= 15 is 0 Å². The Morgan fingerprint density at radius 3 is 3.05 bits per heavy atom. The van der Waals surface area contributed by atoms with Crippen LogP contribution in [-0.4, -0.2) is 18.1 Å². The number of nitrogens with two attached hydrogens (primary N) is 1. The second-order valence-corrected chi connectivity index (χ2v) is 4.89. The predicted octanol–water partition coefficient (Wildman–Crippen LogP) is 2.00. The highest BCUT2D eigenvalue weighted by Crippen LogP contribution is 2.35. The van der Waals surface area contributed by atoms with Crippen LogP contribution in [0.25, 0.3) is 0 Å². The Morgan fingerprint density at radius 2 is 2.45 bits per heavy atom. The van der Waals surface area contributed by atoms with E-state index in [0.29, 0.717) is 16.4 Å². The minimum atomic E-state index is -0.561. The lowest BCUT2D eigenvalue weighted by atomic mass is 10.2. The third-order valence-corrected chi connectivity index (χ3v) is 3.68. The maximum atomic E-state index is 11.7. The zero-order valence-electron chi connectivity index (χ0n) is 10.7. The molecule has 2 aromatic heterocycles. The number of rotatable bonds is 4. The first kappa shape index (κ1) is 13.8. The maximum absolute atomic E-state index is 11.7. The number of nitrogens with one attached hydrogen (secondary N) is 1. The molecule has 0 bridgehead atoms. The Labute approximate surface area is 119 Å². The average Bonchev–Trinajstić information content (AvgIpc) is 2.81. The number of methoxy groups -OCH3 is 1. The summed E-state index contributed by atoms with van der Waals surface area (Å²) in [5, 5.41) is 12.6. The molecule has 0 amide bonds. The molecule has 0 aliphatic rings. The van der Waals surface area contributed by atoms with Gasteiger partial charge in [0, 0.05) is 18.9 Å². The summed E-state index contributed by atoms with van der Waals surface area (Å²) in [5.41, 5.74) is 7.10. The minimum Gasteiger partial charge on any atom is -0.465 e. The minimum absolute atomic E-state index is 0.151. The first-order valence-corrected chi connectivity index (χ1v) is 6.52. The topological polar surface area (TPSA) is 101 Å². The number of hydrogen-bond acceptors (Lipinski definition) is 7. The summed E-state index contributed by atoms with van der Waals surface area (Å²) in [6.07, 6.45) is 3.40. The Kier molecular flexibility index (Phi) is 4.17. The molecular weight excluding hydrogens is 276 g/mol. The van der Waals surface area contributed by atoms with Gasteiger partial charge in [0.15, 0.2) is 0 Å². The molecule has 2 aromatic rings. The molecule has 0 saturated carbocycles. The van der Waals surface area contributed by atoms with Gasteiger partial charge >= 0.3 is 5.97 Å². The van der Waals surface area contributed by atoms with Crippen molar-refractivity contribution in [2.75, 3.05) is 18.2 Å². The van der Waals surface area contributed by atoms with Crippen LogP contribution >= 0.6 is 11.3 Å². The highest BCUT2D eigenvalue weighted by atomic mass is 32.1. The van der Waals surface area contributed by atoms with Crippen LogP contribution in [0.2, 0.25) is 0 Å². The van der Waals surface area contributed by atoms with E-state index < -0.39 is 5.97 Å². The number of esters is 1. The summed E-state index contributed by atoms with van der Waals surface area (Å²) >= 11 is 1.13. The van der Waals surface area contributed by atoms with Crippen molar-refractivity contribution in [3.05, 3.63) is 40.5 Å². The van der Waals surface area contributed by atoms with Gasteiger partial charge in [0.2, 0.25) is 0 Å². The standard InChI is InChI=1S/C13H12N4O2S/c1-19-13(18)10-11(15)9(5-14)20-12(10)17-7-8-3-2-4-16-6-8/h2-4,6,17H,7,15H2,1H3. The SMILES string of the molecule is COC(=O)c1c(NCc2cccnc2)sc(C#N)c1N. The molecule has 6 nitrogen and oxygen atoms in total. The van der Waals surface area contributed by atoms with E-state index in [1.54, 1.807) is 12.4 Å². The fraction of sp³-hybridized carbons (Fsp3) is 0.154. The summed E-state index contributed by atoms with van der Waals surface area (Å²) in [7, 11) is 1.27. The van der Waals surface area contributed by atoms with Crippen molar-refractivity contribution in [1.29, 1.82) is 5.26 Å². The van der Waals surface area contributed by atoms with Gasteiger partial charge in [-0.05, 0) is 11.6 Å². The van der Waals surface area contributed by atoms with Gasteiger partial charge in [-0.2, -0.15) is 5.26 Å². The van der Waals surface area contributed by atoms with Crippen molar-refractivity contribution in [3.63, 3.8) is 0 Å². The van der Waals surface area contributed by atoms with Crippen LogP contribution in [0.3, 0.4) is 0 Å². The molecule has 7 heteroatoms. The van der Waals surface area contributed by atoms with E-state index in [1.807, 2.05) is 18.2 Å². The van der Waals surface area contributed by atoms with E-state index in [4.69, 9.17) is 15.7 Å². The second-order valence-electron chi connectivity index (χ2n) is 3.87. The van der Waals surface area contributed by atoms with Crippen molar-refractivity contribution in [2.45, 2.75) is 6.54 Å². The number of hydrogen-bond donors (Lipinski definition) is 2. The molecule has 0 spiro atoms. The van der Waals surface area contributed by atoms with Crippen molar-refractivity contribution in [3.8, 4) is 6.07 Å². The summed E-state index contributed by atoms with van der Waals surface area (Å²) in [6.45, 7) is 0.475. The van der Waals surface area contributed by atoms with Gasteiger partial charge in [-0.15, -0.1) is 11.3 Å². The number of nitrogen functional groups attached to an aromatic ring is 1. The molecule has 102 valence electrons. The molecule has 0 atom stereocenters. The van der Waals surface area contributed by atoms with Gasteiger partial charge < -0.3 is 15.8 Å². The molecule has 0 aliphatic heterocycles. The third-order valence-electron chi connectivity index (χ3n) is 2.61.